The molecule has 0 unspecified atom stereocenters. The van der Waals surface area contributed by atoms with Crippen molar-refractivity contribution in [2.75, 3.05) is 57.9 Å². The number of aliphatic hydroxyl groups excluding tert-OH is 1. The van der Waals surface area contributed by atoms with E-state index in [1.807, 2.05) is 36.4 Å². The number of carbonyl (C=O) groups is 3. The van der Waals surface area contributed by atoms with Crippen LogP contribution in [0.2, 0.25) is 0 Å². The van der Waals surface area contributed by atoms with Crippen LogP contribution in [0.4, 0.5) is 10.5 Å². The number of hydrogen-bond acceptors (Lipinski definition) is 7. The molecule has 2 atom stereocenters. The Hall–Kier alpha value is -3.70. The lowest BCUT2D eigenvalue weighted by atomic mass is 10.1. The molecule has 4 rings (SSSR count). The predicted molar refractivity (Wildman–Crippen MR) is 132 cm³/mol. The molecule has 2 saturated heterocycles. The zero-order valence-electron chi connectivity index (χ0n) is 20.2. The fourth-order valence-electron chi connectivity index (χ4n) is 4.48. The highest BCUT2D eigenvalue weighted by Crippen LogP contribution is 2.27. The molecule has 1 aromatic carbocycles. The molecule has 2 aromatic rings. The first-order valence-corrected chi connectivity index (χ1v) is 11.9. The van der Waals surface area contributed by atoms with Crippen LogP contribution in [0.15, 0.2) is 42.5 Å². The number of methoxy groups -OCH3 is 1. The number of benzene rings is 1. The van der Waals surface area contributed by atoms with Crippen LogP contribution >= 0.6 is 0 Å². The van der Waals surface area contributed by atoms with Crippen molar-refractivity contribution < 1.29 is 29.3 Å². The van der Waals surface area contributed by atoms with E-state index in [9.17, 15) is 19.5 Å². The number of carboxylic acid groups (broad SMARTS) is 1. The van der Waals surface area contributed by atoms with Crippen molar-refractivity contribution in [3.63, 3.8) is 0 Å². The summed E-state index contributed by atoms with van der Waals surface area (Å²) in [5.41, 5.74) is 2.43. The number of nitrogens with one attached hydrogen (secondary N) is 1. The molecule has 11 heteroatoms. The summed E-state index contributed by atoms with van der Waals surface area (Å²) in [5, 5.41) is 21.6. The van der Waals surface area contributed by atoms with Crippen molar-refractivity contribution >= 4 is 23.6 Å². The van der Waals surface area contributed by atoms with E-state index in [4.69, 9.17) is 9.84 Å². The van der Waals surface area contributed by atoms with Crippen LogP contribution in [0.1, 0.15) is 16.9 Å². The van der Waals surface area contributed by atoms with Gasteiger partial charge >= 0.3 is 6.09 Å². The van der Waals surface area contributed by atoms with Gasteiger partial charge in [0.25, 0.3) is 5.91 Å². The molecule has 2 aliphatic rings. The molecule has 0 spiro atoms. The number of aromatic nitrogens is 1. The van der Waals surface area contributed by atoms with Crippen molar-refractivity contribution in [3.05, 3.63) is 48.2 Å². The van der Waals surface area contributed by atoms with Crippen molar-refractivity contribution in [3.8, 4) is 11.3 Å². The quantitative estimate of drug-likeness (QED) is 0.513. The van der Waals surface area contributed by atoms with Gasteiger partial charge in [0.15, 0.2) is 0 Å². The lowest BCUT2D eigenvalue weighted by molar-refractivity contribution is -0.135. The molecule has 36 heavy (non-hydrogen) atoms. The van der Waals surface area contributed by atoms with Crippen molar-refractivity contribution in [1.82, 2.24) is 20.1 Å². The van der Waals surface area contributed by atoms with Gasteiger partial charge in [0.2, 0.25) is 5.91 Å². The summed E-state index contributed by atoms with van der Waals surface area (Å²) in [7, 11) is 1.68. The number of rotatable bonds is 7. The number of amides is 3. The standard InChI is InChI=1S/C25H31N5O6/c1-36-19-7-8-30(15-19)18-13-20(17-5-3-2-4-6-17)26-21(14-18)23(32)27-22(16-31)24(33)28-9-11-29(12-10-28)25(34)35/h2-6,13-14,19,22,31H,7-12,15-16H2,1H3,(H,27,32)(H,34,35)/t19-,22-/m0/s1. The van der Waals surface area contributed by atoms with Gasteiger partial charge in [-0.3, -0.25) is 9.59 Å². The Morgan fingerprint density at radius 2 is 1.78 bits per heavy atom. The first kappa shape index (κ1) is 25.4. The van der Waals surface area contributed by atoms with Gasteiger partial charge in [-0.15, -0.1) is 0 Å². The minimum Gasteiger partial charge on any atom is -0.465 e. The molecule has 0 aliphatic carbocycles. The number of piperazine rings is 1. The maximum absolute atomic E-state index is 13.2. The lowest BCUT2D eigenvalue weighted by Crippen LogP contribution is -2.56. The van der Waals surface area contributed by atoms with E-state index in [1.165, 1.54) is 9.80 Å². The lowest BCUT2D eigenvalue weighted by Gasteiger charge is -2.34. The molecule has 3 N–H and O–H groups in total. The third kappa shape index (κ3) is 5.74. The predicted octanol–water partition coefficient (Wildman–Crippen LogP) is 0.887. The highest BCUT2D eigenvalue weighted by atomic mass is 16.5. The molecular weight excluding hydrogens is 466 g/mol. The third-order valence-electron chi connectivity index (χ3n) is 6.60. The molecule has 0 saturated carbocycles. The van der Waals surface area contributed by atoms with E-state index in [0.717, 1.165) is 24.2 Å². The highest BCUT2D eigenvalue weighted by molar-refractivity contribution is 5.97. The minimum atomic E-state index is -1.16. The van der Waals surface area contributed by atoms with Crippen LogP contribution in [0.25, 0.3) is 11.3 Å². The molecule has 0 radical (unpaired) electrons. The van der Waals surface area contributed by atoms with E-state index < -0.39 is 30.6 Å². The van der Waals surface area contributed by atoms with Gasteiger partial charge < -0.3 is 35.0 Å². The maximum Gasteiger partial charge on any atom is 0.407 e. The summed E-state index contributed by atoms with van der Waals surface area (Å²) in [6, 6.07) is 12.0. The molecule has 2 fully saturated rings. The number of nitrogens with zero attached hydrogens (tertiary/aromatic N) is 4. The number of anilines is 1. The second kappa shape index (κ2) is 11.4. The van der Waals surface area contributed by atoms with Gasteiger partial charge in [0.05, 0.1) is 18.4 Å². The van der Waals surface area contributed by atoms with Crippen LogP contribution < -0.4 is 10.2 Å². The smallest absolute Gasteiger partial charge is 0.407 e. The topological polar surface area (TPSA) is 136 Å². The van der Waals surface area contributed by atoms with E-state index in [2.05, 4.69) is 15.2 Å². The number of pyridine rings is 1. The molecular formula is C25H31N5O6. The molecule has 3 heterocycles. The average molecular weight is 498 g/mol. The normalized spacial score (nSPS) is 18.7. The Morgan fingerprint density at radius 1 is 1.08 bits per heavy atom. The summed E-state index contributed by atoms with van der Waals surface area (Å²) in [4.78, 5) is 46.7. The Kier molecular flexibility index (Phi) is 8.01. The summed E-state index contributed by atoms with van der Waals surface area (Å²) < 4.78 is 5.48. The van der Waals surface area contributed by atoms with E-state index in [0.29, 0.717) is 12.2 Å². The van der Waals surface area contributed by atoms with Crippen LogP contribution in [0.3, 0.4) is 0 Å². The number of hydrogen-bond donors (Lipinski definition) is 3. The maximum atomic E-state index is 13.2. The van der Waals surface area contributed by atoms with Crippen LogP contribution in [0, 0.1) is 0 Å². The fraction of sp³-hybridized carbons (Fsp3) is 0.440. The Balaban J connectivity index is 1.53. The molecule has 0 bridgehead atoms. The number of carbonyl (C=O) groups excluding carboxylic acids is 2. The van der Waals surface area contributed by atoms with Gasteiger partial charge in [0.1, 0.15) is 11.7 Å². The fourth-order valence-corrected chi connectivity index (χ4v) is 4.48. The van der Waals surface area contributed by atoms with Crippen LogP contribution in [0.5, 0.6) is 0 Å². The first-order chi connectivity index (χ1) is 17.4. The Labute approximate surface area is 209 Å². The SMILES string of the molecule is CO[C@H]1CCN(c2cc(C(=O)N[C@@H](CO)C(=O)N3CCN(C(=O)O)CC3)nc(-c3ccccc3)c2)C1. The monoisotopic (exact) mass is 497 g/mol. The second-order valence-corrected chi connectivity index (χ2v) is 8.86. The van der Waals surface area contributed by atoms with E-state index in [-0.39, 0.29) is 38.0 Å². The minimum absolute atomic E-state index is 0.105. The van der Waals surface area contributed by atoms with Crippen molar-refractivity contribution in [2.24, 2.45) is 0 Å². The van der Waals surface area contributed by atoms with Gasteiger partial charge in [-0.25, -0.2) is 9.78 Å². The largest absolute Gasteiger partial charge is 0.465 e. The Morgan fingerprint density at radius 3 is 2.39 bits per heavy atom. The van der Waals surface area contributed by atoms with Crippen molar-refractivity contribution in [1.29, 1.82) is 0 Å². The summed E-state index contributed by atoms with van der Waals surface area (Å²) >= 11 is 0. The third-order valence-corrected chi connectivity index (χ3v) is 6.60. The zero-order valence-corrected chi connectivity index (χ0v) is 20.2. The molecule has 2 aliphatic heterocycles. The van der Waals surface area contributed by atoms with Crippen LogP contribution in [-0.2, 0) is 9.53 Å². The average Bonchev–Trinajstić information content (AvgIpc) is 3.41. The van der Waals surface area contributed by atoms with Gasteiger partial charge in [-0.05, 0) is 18.6 Å². The second-order valence-electron chi connectivity index (χ2n) is 8.86. The molecule has 3 amide bonds. The van der Waals surface area contributed by atoms with E-state index >= 15 is 0 Å². The number of ether oxygens (including phenoxy) is 1. The summed E-state index contributed by atoms with van der Waals surface area (Å²) in [5.74, 6) is -1.04. The first-order valence-electron chi connectivity index (χ1n) is 11.9. The van der Waals surface area contributed by atoms with E-state index in [1.54, 1.807) is 13.2 Å². The molecule has 192 valence electrons. The molecule has 1 aromatic heterocycles. The highest BCUT2D eigenvalue weighted by Gasteiger charge is 2.30. The van der Waals surface area contributed by atoms with Crippen molar-refractivity contribution in [2.45, 2.75) is 18.6 Å². The van der Waals surface area contributed by atoms with Crippen LogP contribution in [-0.4, -0.2) is 108 Å². The number of aliphatic hydroxyl groups is 1. The van der Waals surface area contributed by atoms with Gasteiger partial charge in [0, 0.05) is 57.6 Å². The summed E-state index contributed by atoms with van der Waals surface area (Å²) in [6.07, 6.45) is -0.0604. The molecule has 11 nitrogen and oxygen atoms in total. The summed E-state index contributed by atoms with van der Waals surface area (Å²) in [6.45, 7) is 1.62. The Bertz CT molecular complexity index is 1090. The van der Waals surface area contributed by atoms with Gasteiger partial charge in [-0.1, -0.05) is 30.3 Å². The van der Waals surface area contributed by atoms with Gasteiger partial charge in [-0.2, -0.15) is 0 Å². The zero-order chi connectivity index (χ0) is 25.7.